The van der Waals surface area contributed by atoms with Gasteiger partial charge in [0.1, 0.15) is 6.04 Å². The van der Waals surface area contributed by atoms with Crippen LogP contribution < -0.4 is 11.1 Å². The average molecular weight is 330 g/mol. The molecule has 0 aromatic heterocycles. The Morgan fingerprint density at radius 3 is 2.40 bits per heavy atom. The van der Waals surface area contributed by atoms with Crippen LogP contribution >= 0.6 is 34.8 Å². The summed E-state index contributed by atoms with van der Waals surface area (Å²) in [6.07, 6.45) is 0. The Hall–Kier alpha value is -1.42. The summed E-state index contributed by atoms with van der Waals surface area (Å²) in [5, 5.41) is 4.37. The second-order valence-electron chi connectivity index (χ2n) is 4.16. The van der Waals surface area contributed by atoms with Crippen LogP contribution in [0.1, 0.15) is 11.6 Å². The van der Waals surface area contributed by atoms with E-state index in [2.05, 4.69) is 5.32 Å². The van der Waals surface area contributed by atoms with Crippen molar-refractivity contribution >= 4 is 46.4 Å². The zero-order chi connectivity index (χ0) is 14.7. The van der Waals surface area contributed by atoms with E-state index in [-0.39, 0.29) is 0 Å². The minimum absolute atomic E-state index is 0.364. The maximum absolute atomic E-state index is 11.6. The van der Waals surface area contributed by atoms with Gasteiger partial charge in [0, 0.05) is 10.7 Å². The standard InChI is InChI=1S/C14H11Cl3N2O/c15-9-2-1-3-10(7-9)19-13(14(18)20)8-4-5-11(16)12(17)6-8/h1-7,13,19H,(H2,18,20). The van der Waals surface area contributed by atoms with Gasteiger partial charge in [-0.1, -0.05) is 46.9 Å². The minimum Gasteiger partial charge on any atom is -0.370 e. The van der Waals surface area contributed by atoms with Crippen LogP contribution in [0.4, 0.5) is 5.69 Å². The van der Waals surface area contributed by atoms with Crippen LogP contribution in [0, 0.1) is 0 Å². The number of hydrogen-bond acceptors (Lipinski definition) is 2. The molecule has 0 aliphatic rings. The lowest BCUT2D eigenvalue weighted by atomic mass is 10.1. The number of amides is 1. The molecule has 0 aliphatic carbocycles. The maximum atomic E-state index is 11.6. The normalized spacial score (nSPS) is 11.9. The number of anilines is 1. The van der Waals surface area contributed by atoms with Gasteiger partial charge < -0.3 is 11.1 Å². The minimum atomic E-state index is -0.719. The van der Waals surface area contributed by atoms with Crippen LogP contribution in [0.5, 0.6) is 0 Å². The summed E-state index contributed by atoms with van der Waals surface area (Å²) in [5.74, 6) is -0.525. The number of rotatable bonds is 4. The summed E-state index contributed by atoms with van der Waals surface area (Å²) in [4.78, 5) is 11.6. The van der Waals surface area contributed by atoms with Gasteiger partial charge in [0.15, 0.2) is 0 Å². The smallest absolute Gasteiger partial charge is 0.244 e. The second-order valence-corrected chi connectivity index (χ2v) is 5.41. The molecule has 1 atom stereocenters. The highest BCUT2D eigenvalue weighted by Gasteiger charge is 2.18. The lowest BCUT2D eigenvalue weighted by Crippen LogP contribution is -2.27. The van der Waals surface area contributed by atoms with Crippen molar-refractivity contribution in [3.63, 3.8) is 0 Å². The molecular formula is C14H11Cl3N2O. The number of nitrogens with one attached hydrogen (secondary N) is 1. The molecule has 3 N–H and O–H groups in total. The van der Waals surface area contributed by atoms with E-state index in [1.54, 1.807) is 42.5 Å². The van der Waals surface area contributed by atoms with Crippen molar-refractivity contribution in [2.24, 2.45) is 5.73 Å². The van der Waals surface area contributed by atoms with Crippen LogP contribution in [-0.4, -0.2) is 5.91 Å². The fourth-order valence-corrected chi connectivity index (χ4v) is 2.25. The van der Waals surface area contributed by atoms with Crippen LogP contribution in [0.2, 0.25) is 15.1 Å². The van der Waals surface area contributed by atoms with Gasteiger partial charge in [0.25, 0.3) is 0 Å². The van der Waals surface area contributed by atoms with Gasteiger partial charge in [-0.05, 0) is 35.9 Å². The third kappa shape index (κ3) is 3.57. The van der Waals surface area contributed by atoms with Crippen LogP contribution in [0.3, 0.4) is 0 Å². The molecule has 0 bridgehead atoms. The van der Waals surface area contributed by atoms with Crippen molar-refractivity contribution in [3.05, 3.63) is 63.1 Å². The van der Waals surface area contributed by atoms with Gasteiger partial charge >= 0.3 is 0 Å². The summed E-state index contributed by atoms with van der Waals surface area (Å²) in [5.41, 5.74) is 6.75. The summed E-state index contributed by atoms with van der Waals surface area (Å²) in [6, 6.07) is 11.2. The molecule has 1 amide bonds. The Kier molecular flexibility index (Phi) is 4.76. The Morgan fingerprint density at radius 2 is 1.80 bits per heavy atom. The van der Waals surface area contributed by atoms with Gasteiger partial charge in [-0.15, -0.1) is 0 Å². The highest BCUT2D eigenvalue weighted by Crippen LogP contribution is 2.28. The summed E-state index contributed by atoms with van der Waals surface area (Å²) in [6.45, 7) is 0. The van der Waals surface area contributed by atoms with E-state index in [0.29, 0.717) is 26.3 Å². The number of primary amides is 1. The lowest BCUT2D eigenvalue weighted by molar-refractivity contribution is -0.118. The topological polar surface area (TPSA) is 55.1 Å². The van der Waals surface area contributed by atoms with Crippen LogP contribution in [-0.2, 0) is 4.79 Å². The second kappa shape index (κ2) is 6.35. The van der Waals surface area contributed by atoms with Gasteiger partial charge in [-0.25, -0.2) is 0 Å². The molecule has 0 fully saturated rings. The molecular weight excluding hydrogens is 319 g/mol. The first-order valence-electron chi connectivity index (χ1n) is 5.74. The third-order valence-electron chi connectivity index (χ3n) is 2.70. The van der Waals surface area contributed by atoms with Crippen LogP contribution in [0.25, 0.3) is 0 Å². The van der Waals surface area contributed by atoms with Crippen molar-refractivity contribution in [3.8, 4) is 0 Å². The summed E-state index contributed by atoms with van der Waals surface area (Å²) < 4.78 is 0. The van der Waals surface area contributed by atoms with Gasteiger partial charge in [0.05, 0.1) is 10.0 Å². The lowest BCUT2D eigenvalue weighted by Gasteiger charge is -2.17. The zero-order valence-electron chi connectivity index (χ0n) is 10.2. The fraction of sp³-hybridized carbons (Fsp3) is 0.0714. The Labute approximate surface area is 131 Å². The fourth-order valence-electron chi connectivity index (χ4n) is 1.76. The highest BCUT2D eigenvalue weighted by molar-refractivity contribution is 6.42. The van der Waals surface area contributed by atoms with E-state index in [1.807, 2.05) is 0 Å². The zero-order valence-corrected chi connectivity index (χ0v) is 12.5. The molecule has 2 aromatic rings. The first kappa shape index (κ1) is 15.0. The number of hydrogen-bond donors (Lipinski definition) is 2. The SMILES string of the molecule is NC(=O)C(Nc1cccc(Cl)c1)c1ccc(Cl)c(Cl)c1. The molecule has 3 nitrogen and oxygen atoms in total. The molecule has 0 radical (unpaired) electrons. The molecule has 20 heavy (non-hydrogen) atoms. The monoisotopic (exact) mass is 328 g/mol. The molecule has 2 rings (SSSR count). The Balaban J connectivity index is 2.32. The van der Waals surface area contributed by atoms with Crippen LogP contribution in [0.15, 0.2) is 42.5 Å². The van der Waals surface area contributed by atoms with E-state index in [4.69, 9.17) is 40.5 Å². The number of benzene rings is 2. The van der Waals surface area contributed by atoms with Gasteiger partial charge in [0.2, 0.25) is 5.91 Å². The highest BCUT2D eigenvalue weighted by atomic mass is 35.5. The molecule has 1 unspecified atom stereocenters. The first-order valence-corrected chi connectivity index (χ1v) is 6.87. The molecule has 0 saturated carbocycles. The van der Waals surface area contributed by atoms with Gasteiger partial charge in [-0.3, -0.25) is 4.79 Å². The molecule has 104 valence electrons. The predicted molar refractivity (Wildman–Crippen MR) is 83.5 cm³/mol. The summed E-state index contributed by atoms with van der Waals surface area (Å²) >= 11 is 17.7. The van der Waals surface area contributed by atoms with Crippen molar-refractivity contribution in [1.82, 2.24) is 0 Å². The number of carbonyl (C=O) groups excluding carboxylic acids is 1. The van der Waals surface area contributed by atoms with E-state index in [1.165, 1.54) is 0 Å². The molecule has 6 heteroatoms. The Bertz CT molecular complexity index is 646. The van der Waals surface area contributed by atoms with E-state index in [0.717, 1.165) is 0 Å². The van der Waals surface area contributed by atoms with Gasteiger partial charge in [-0.2, -0.15) is 0 Å². The molecule has 0 saturated heterocycles. The quantitative estimate of drug-likeness (QED) is 0.879. The maximum Gasteiger partial charge on any atom is 0.244 e. The Morgan fingerprint density at radius 1 is 1.05 bits per heavy atom. The number of nitrogens with two attached hydrogens (primary N) is 1. The largest absolute Gasteiger partial charge is 0.370 e. The molecule has 2 aromatic carbocycles. The van der Waals surface area contributed by atoms with Crippen molar-refractivity contribution < 1.29 is 4.79 Å². The molecule has 0 aliphatic heterocycles. The first-order chi connectivity index (χ1) is 9.47. The van der Waals surface area contributed by atoms with E-state index >= 15 is 0 Å². The number of carbonyl (C=O) groups is 1. The average Bonchev–Trinajstić information content (AvgIpc) is 2.39. The van der Waals surface area contributed by atoms with Crippen molar-refractivity contribution in [2.45, 2.75) is 6.04 Å². The molecule has 0 spiro atoms. The molecule has 0 heterocycles. The van der Waals surface area contributed by atoms with Crippen molar-refractivity contribution in [2.75, 3.05) is 5.32 Å². The third-order valence-corrected chi connectivity index (χ3v) is 3.67. The predicted octanol–water partition coefficient (Wildman–Crippen LogP) is 4.29. The summed E-state index contributed by atoms with van der Waals surface area (Å²) in [7, 11) is 0. The van der Waals surface area contributed by atoms with Crippen molar-refractivity contribution in [1.29, 1.82) is 0 Å². The number of halogens is 3. The van der Waals surface area contributed by atoms with E-state index in [9.17, 15) is 4.79 Å². The van der Waals surface area contributed by atoms with E-state index < -0.39 is 11.9 Å².